The predicted octanol–water partition coefficient (Wildman–Crippen LogP) is 2.58. The van der Waals surface area contributed by atoms with Crippen molar-refractivity contribution in [3.63, 3.8) is 0 Å². The molecule has 4 heteroatoms. The third-order valence-corrected chi connectivity index (χ3v) is 2.49. The van der Waals surface area contributed by atoms with Crippen molar-refractivity contribution in [3.05, 3.63) is 24.2 Å². The fourth-order valence-corrected chi connectivity index (χ4v) is 1.53. The monoisotopic (exact) mass is 225 g/mol. The Morgan fingerprint density at radius 2 is 2.31 bits per heavy atom. The molecule has 1 aromatic rings. The molecule has 1 rings (SSSR count). The van der Waals surface area contributed by atoms with E-state index in [9.17, 15) is 4.79 Å². The van der Waals surface area contributed by atoms with Crippen LogP contribution in [0.5, 0.6) is 0 Å². The number of hydrogen-bond donors (Lipinski definition) is 2. The number of carboxylic acids is 1. The van der Waals surface area contributed by atoms with Crippen LogP contribution in [-0.4, -0.2) is 17.6 Å². The van der Waals surface area contributed by atoms with Crippen LogP contribution in [0.15, 0.2) is 22.8 Å². The molecule has 0 saturated heterocycles. The van der Waals surface area contributed by atoms with Crippen LogP contribution in [0.4, 0.5) is 0 Å². The maximum Gasteiger partial charge on any atom is 0.303 e. The molecule has 90 valence electrons. The highest BCUT2D eigenvalue weighted by Gasteiger charge is 2.06. The van der Waals surface area contributed by atoms with Crippen LogP contribution in [0.3, 0.4) is 0 Å². The zero-order valence-corrected chi connectivity index (χ0v) is 9.61. The van der Waals surface area contributed by atoms with Crippen LogP contribution in [0.1, 0.15) is 44.4 Å². The smallest absolute Gasteiger partial charge is 0.303 e. The molecule has 1 heterocycles. The molecule has 1 aromatic heterocycles. The van der Waals surface area contributed by atoms with Crippen molar-refractivity contribution in [2.45, 2.75) is 38.6 Å². The summed E-state index contributed by atoms with van der Waals surface area (Å²) in [6.07, 6.45) is 4.64. The number of carboxylic acid groups (broad SMARTS) is 1. The van der Waals surface area contributed by atoms with Gasteiger partial charge in [0.15, 0.2) is 0 Å². The number of furan rings is 1. The van der Waals surface area contributed by atoms with Gasteiger partial charge >= 0.3 is 5.97 Å². The Labute approximate surface area is 95.7 Å². The summed E-state index contributed by atoms with van der Waals surface area (Å²) in [6.45, 7) is 2.94. The van der Waals surface area contributed by atoms with E-state index in [1.165, 1.54) is 0 Å². The summed E-state index contributed by atoms with van der Waals surface area (Å²) in [5.74, 6) is 0.224. The summed E-state index contributed by atoms with van der Waals surface area (Å²) < 4.78 is 5.26. The van der Waals surface area contributed by atoms with E-state index < -0.39 is 5.97 Å². The highest BCUT2D eigenvalue weighted by Crippen LogP contribution is 2.12. The number of carbonyl (C=O) groups is 1. The van der Waals surface area contributed by atoms with Crippen molar-refractivity contribution >= 4 is 5.97 Å². The van der Waals surface area contributed by atoms with Gasteiger partial charge in [-0.05, 0) is 38.4 Å². The molecule has 0 unspecified atom stereocenters. The normalized spacial score (nSPS) is 12.6. The van der Waals surface area contributed by atoms with Crippen LogP contribution in [0.2, 0.25) is 0 Å². The first-order valence-electron chi connectivity index (χ1n) is 5.68. The minimum absolute atomic E-state index is 0.217. The Kier molecular flexibility index (Phi) is 5.64. The van der Waals surface area contributed by atoms with E-state index in [1.807, 2.05) is 12.1 Å². The molecule has 0 fully saturated rings. The Bertz CT molecular complexity index is 295. The molecule has 2 N–H and O–H groups in total. The third-order valence-electron chi connectivity index (χ3n) is 2.49. The van der Waals surface area contributed by atoms with E-state index in [0.717, 1.165) is 31.6 Å². The highest BCUT2D eigenvalue weighted by atomic mass is 16.4. The molecule has 0 saturated carbocycles. The average Bonchev–Trinajstić information content (AvgIpc) is 2.75. The summed E-state index contributed by atoms with van der Waals surface area (Å²) in [4.78, 5) is 10.3. The summed E-state index contributed by atoms with van der Waals surface area (Å²) in [6, 6.07) is 4.04. The molecular weight excluding hydrogens is 206 g/mol. The molecule has 1 atom stereocenters. The second kappa shape index (κ2) is 7.06. The first-order chi connectivity index (χ1) is 7.70. The number of hydrogen-bond acceptors (Lipinski definition) is 3. The molecule has 0 radical (unpaired) electrons. The lowest BCUT2D eigenvalue weighted by molar-refractivity contribution is -0.137. The summed E-state index contributed by atoms with van der Waals surface area (Å²) in [7, 11) is 0. The maximum atomic E-state index is 10.3. The molecule has 0 aliphatic rings. The van der Waals surface area contributed by atoms with Crippen molar-refractivity contribution in [1.82, 2.24) is 5.32 Å². The van der Waals surface area contributed by atoms with Gasteiger partial charge in [-0.3, -0.25) is 4.79 Å². The number of rotatable bonds is 8. The Balaban J connectivity index is 2.01. The fraction of sp³-hybridized carbons (Fsp3) is 0.583. The van der Waals surface area contributed by atoms with Crippen LogP contribution < -0.4 is 5.32 Å². The molecule has 0 aliphatic heterocycles. The highest BCUT2D eigenvalue weighted by molar-refractivity contribution is 5.66. The molecule has 0 bridgehead atoms. The minimum atomic E-state index is -0.711. The zero-order valence-electron chi connectivity index (χ0n) is 9.61. The van der Waals surface area contributed by atoms with Gasteiger partial charge in [0, 0.05) is 6.42 Å². The summed E-state index contributed by atoms with van der Waals surface area (Å²) in [5, 5.41) is 11.8. The van der Waals surface area contributed by atoms with Crippen LogP contribution in [-0.2, 0) is 4.79 Å². The van der Waals surface area contributed by atoms with Crippen molar-refractivity contribution in [3.8, 4) is 0 Å². The van der Waals surface area contributed by atoms with E-state index in [1.54, 1.807) is 6.26 Å². The maximum absolute atomic E-state index is 10.3. The quantitative estimate of drug-likeness (QED) is 0.667. The van der Waals surface area contributed by atoms with Crippen LogP contribution in [0, 0.1) is 0 Å². The average molecular weight is 225 g/mol. The number of nitrogens with one attached hydrogen (secondary N) is 1. The first kappa shape index (κ1) is 12.8. The second-order valence-corrected chi connectivity index (χ2v) is 3.90. The molecule has 4 nitrogen and oxygen atoms in total. The Morgan fingerprint density at radius 3 is 2.94 bits per heavy atom. The van der Waals surface area contributed by atoms with Gasteiger partial charge in [-0.15, -0.1) is 0 Å². The van der Waals surface area contributed by atoms with Gasteiger partial charge < -0.3 is 14.8 Å². The van der Waals surface area contributed by atoms with Crippen molar-refractivity contribution in [1.29, 1.82) is 0 Å². The first-order valence-corrected chi connectivity index (χ1v) is 5.68. The van der Waals surface area contributed by atoms with Crippen LogP contribution >= 0.6 is 0 Å². The molecule has 0 spiro atoms. The fourth-order valence-electron chi connectivity index (χ4n) is 1.53. The van der Waals surface area contributed by atoms with Gasteiger partial charge in [0.05, 0.1) is 12.3 Å². The summed E-state index contributed by atoms with van der Waals surface area (Å²) >= 11 is 0. The SMILES string of the molecule is C[C@H](NCCCCCC(=O)O)c1ccco1. The van der Waals surface area contributed by atoms with Gasteiger partial charge in [-0.25, -0.2) is 0 Å². The predicted molar refractivity (Wildman–Crippen MR) is 61.2 cm³/mol. The van der Waals surface area contributed by atoms with Gasteiger partial charge in [-0.2, -0.15) is 0 Å². The van der Waals surface area contributed by atoms with Gasteiger partial charge in [0.2, 0.25) is 0 Å². The molecule has 0 aromatic carbocycles. The van der Waals surface area contributed by atoms with E-state index in [0.29, 0.717) is 0 Å². The lowest BCUT2D eigenvalue weighted by Crippen LogP contribution is -2.19. The largest absolute Gasteiger partial charge is 0.481 e. The van der Waals surface area contributed by atoms with E-state index >= 15 is 0 Å². The van der Waals surface area contributed by atoms with E-state index in [2.05, 4.69) is 12.2 Å². The molecule has 0 amide bonds. The van der Waals surface area contributed by atoms with Crippen molar-refractivity contribution in [2.75, 3.05) is 6.54 Å². The Hall–Kier alpha value is -1.29. The number of unbranched alkanes of at least 4 members (excludes halogenated alkanes) is 2. The van der Waals surface area contributed by atoms with Gasteiger partial charge in [-0.1, -0.05) is 6.42 Å². The number of aliphatic carboxylic acids is 1. The zero-order chi connectivity index (χ0) is 11.8. The lowest BCUT2D eigenvalue weighted by Gasteiger charge is -2.10. The Morgan fingerprint density at radius 1 is 1.50 bits per heavy atom. The van der Waals surface area contributed by atoms with Gasteiger partial charge in [0.25, 0.3) is 0 Å². The summed E-state index contributed by atoms with van der Waals surface area (Å²) in [5.41, 5.74) is 0. The second-order valence-electron chi connectivity index (χ2n) is 3.90. The molecular formula is C12H19NO3. The van der Waals surface area contributed by atoms with Crippen molar-refractivity contribution in [2.24, 2.45) is 0 Å². The lowest BCUT2D eigenvalue weighted by atomic mass is 10.2. The van der Waals surface area contributed by atoms with E-state index in [-0.39, 0.29) is 12.5 Å². The van der Waals surface area contributed by atoms with Gasteiger partial charge in [0.1, 0.15) is 5.76 Å². The van der Waals surface area contributed by atoms with Crippen LogP contribution in [0.25, 0.3) is 0 Å². The third kappa shape index (κ3) is 4.98. The standard InChI is InChI=1S/C12H19NO3/c1-10(11-6-5-9-16-11)13-8-4-2-3-7-12(14)15/h5-6,9-10,13H,2-4,7-8H2,1H3,(H,14,15)/t10-/m0/s1. The minimum Gasteiger partial charge on any atom is -0.481 e. The molecule has 0 aliphatic carbocycles. The van der Waals surface area contributed by atoms with E-state index in [4.69, 9.17) is 9.52 Å². The molecule has 16 heavy (non-hydrogen) atoms. The van der Waals surface area contributed by atoms with Crippen molar-refractivity contribution < 1.29 is 14.3 Å². The topological polar surface area (TPSA) is 62.5 Å².